The topological polar surface area (TPSA) is 93.6 Å². The summed E-state index contributed by atoms with van der Waals surface area (Å²) in [5.41, 5.74) is 1.36. The van der Waals surface area contributed by atoms with Crippen molar-refractivity contribution in [1.82, 2.24) is 29.9 Å². The highest BCUT2D eigenvalue weighted by molar-refractivity contribution is 7.11. The molecule has 0 saturated carbocycles. The van der Waals surface area contributed by atoms with E-state index >= 15 is 0 Å². The van der Waals surface area contributed by atoms with Crippen molar-refractivity contribution in [3.63, 3.8) is 0 Å². The minimum absolute atomic E-state index is 0.173. The van der Waals surface area contributed by atoms with Gasteiger partial charge in [0.25, 0.3) is 0 Å². The fourth-order valence-electron chi connectivity index (χ4n) is 5.38. The van der Waals surface area contributed by atoms with E-state index in [1.165, 1.54) is 18.4 Å². The Morgan fingerprint density at radius 2 is 2.06 bits per heavy atom. The number of aromatic nitrogens is 1. The maximum absolute atomic E-state index is 13.2. The van der Waals surface area contributed by atoms with Crippen LogP contribution in [0.3, 0.4) is 0 Å². The van der Waals surface area contributed by atoms with Crippen LogP contribution in [-0.2, 0) is 9.53 Å². The van der Waals surface area contributed by atoms with Crippen LogP contribution in [0.2, 0.25) is 0 Å². The standard InChI is InChI=1S/C23H33N7O3S/c1-15(2)28-6-4-16(12-28)30-13-17-11-27(7-8-29(17)23(30)32)14-19-18(22(31)33-3)10-25-20(26-19)21-24-5-9-34-21/h5,9,15-17H,4,6-8,10-14H2,1-3H3,(H,25,26). The highest BCUT2D eigenvalue weighted by atomic mass is 32.1. The number of nitrogens with zero attached hydrogens (tertiary/aromatic N) is 6. The van der Waals surface area contributed by atoms with Crippen LogP contribution in [0.5, 0.6) is 0 Å². The van der Waals surface area contributed by atoms with Gasteiger partial charge in [0.05, 0.1) is 25.3 Å². The number of ether oxygens (including phenoxy) is 1. The lowest BCUT2D eigenvalue weighted by atomic mass is 10.1. The van der Waals surface area contributed by atoms with Gasteiger partial charge in [0.2, 0.25) is 0 Å². The lowest BCUT2D eigenvalue weighted by Gasteiger charge is -2.37. The number of hydrogen-bond donors (Lipinski definition) is 1. The summed E-state index contributed by atoms with van der Waals surface area (Å²) in [6.45, 7) is 10.3. The van der Waals surface area contributed by atoms with E-state index in [1.807, 2.05) is 10.3 Å². The zero-order valence-electron chi connectivity index (χ0n) is 20.1. The van der Waals surface area contributed by atoms with Crippen molar-refractivity contribution in [1.29, 1.82) is 0 Å². The number of hydrogen-bond acceptors (Lipinski definition) is 9. The van der Waals surface area contributed by atoms with E-state index in [4.69, 9.17) is 4.74 Å². The summed E-state index contributed by atoms with van der Waals surface area (Å²) < 4.78 is 5.01. The molecule has 2 atom stereocenters. The number of carbonyl (C=O) groups excluding carboxylic acids is 2. The van der Waals surface area contributed by atoms with Gasteiger partial charge in [-0.1, -0.05) is 0 Å². The summed E-state index contributed by atoms with van der Waals surface area (Å²) in [5.74, 6) is 0.329. The van der Waals surface area contributed by atoms with Crippen molar-refractivity contribution < 1.29 is 14.3 Å². The molecule has 2 unspecified atom stereocenters. The number of thiazole rings is 1. The molecule has 4 aliphatic heterocycles. The minimum Gasteiger partial charge on any atom is -0.466 e. The molecule has 3 saturated heterocycles. The number of fused-ring (bicyclic) bond motifs is 1. The minimum atomic E-state index is -0.360. The lowest BCUT2D eigenvalue weighted by molar-refractivity contribution is -0.136. The summed E-state index contributed by atoms with van der Waals surface area (Å²) in [7, 11) is 1.40. The van der Waals surface area contributed by atoms with Crippen molar-refractivity contribution in [2.45, 2.75) is 38.4 Å². The van der Waals surface area contributed by atoms with E-state index in [0.717, 1.165) is 49.8 Å². The zero-order valence-corrected chi connectivity index (χ0v) is 20.9. The highest BCUT2D eigenvalue weighted by Gasteiger charge is 2.45. The molecule has 0 aromatic carbocycles. The molecule has 5 rings (SSSR count). The molecular formula is C23H33N7O3S. The molecule has 2 amide bonds. The first-order chi connectivity index (χ1) is 16.4. The summed E-state index contributed by atoms with van der Waals surface area (Å²) in [6, 6.07) is 1.18. The third-order valence-corrected chi connectivity index (χ3v) is 8.09. The monoisotopic (exact) mass is 487 g/mol. The van der Waals surface area contributed by atoms with Gasteiger partial charge in [-0.2, -0.15) is 0 Å². The lowest BCUT2D eigenvalue weighted by Crippen LogP contribution is -2.53. The van der Waals surface area contributed by atoms with Crippen LogP contribution < -0.4 is 5.32 Å². The van der Waals surface area contributed by atoms with Crippen LogP contribution in [0, 0.1) is 0 Å². The number of rotatable bonds is 6. The number of piperazine rings is 1. The Bertz CT molecular complexity index is 993. The number of carbonyl (C=O) groups is 2. The van der Waals surface area contributed by atoms with E-state index in [-0.39, 0.29) is 24.6 Å². The summed E-state index contributed by atoms with van der Waals surface area (Å²) in [5, 5.41) is 6.05. The molecule has 5 heterocycles. The van der Waals surface area contributed by atoms with Crippen LogP contribution >= 0.6 is 11.3 Å². The first kappa shape index (κ1) is 23.3. The van der Waals surface area contributed by atoms with Gasteiger partial charge in [-0.05, 0) is 20.3 Å². The quantitative estimate of drug-likeness (QED) is 0.594. The first-order valence-electron chi connectivity index (χ1n) is 12.0. The Morgan fingerprint density at radius 3 is 2.76 bits per heavy atom. The van der Waals surface area contributed by atoms with Gasteiger partial charge in [0.15, 0.2) is 10.8 Å². The number of amidine groups is 1. The molecule has 0 bridgehead atoms. The van der Waals surface area contributed by atoms with Crippen LogP contribution in [0.4, 0.5) is 4.79 Å². The van der Waals surface area contributed by atoms with Gasteiger partial charge in [-0.3, -0.25) is 14.8 Å². The van der Waals surface area contributed by atoms with Crippen molar-refractivity contribution in [2.24, 2.45) is 4.99 Å². The molecule has 4 aliphatic rings. The fraction of sp³-hybridized carbons (Fsp3) is 0.652. The first-order valence-corrected chi connectivity index (χ1v) is 12.9. The van der Waals surface area contributed by atoms with Gasteiger partial charge in [0, 0.05) is 75.2 Å². The summed E-state index contributed by atoms with van der Waals surface area (Å²) in [4.78, 5) is 43.4. The Balaban J connectivity index is 1.25. The average Bonchev–Trinajstić information content (AvgIpc) is 3.59. The highest BCUT2D eigenvalue weighted by Crippen LogP contribution is 2.27. The SMILES string of the molecule is COC(=O)C1=C(CN2CCN3C(=O)N(C4CCN(C(C)C)C4)CC3C2)NC(c2nccs2)=NC1. The Hall–Kier alpha value is -2.50. The van der Waals surface area contributed by atoms with E-state index in [0.29, 0.717) is 36.6 Å². The second-order valence-corrected chi connectivity index (χ2v) is 10.5. The Morgan fingerprint density at radius 1 is 1.21 bits per heavy atom. The molecule has 11 heteroatoms. The van der Waals surface area contributed by atoms with Crippen molar-refractivity contribution in [2.75, 3.05) is 59.5 Å². The van der Waals surface area contributed by atoms with E-state index in [2.05, 4.69) is 43.8 Å². The van der Waals surface area contributed by atoms with Crippen LogP contribution in [0.1, 0.15) is 25.3 Å². The largest absolute Gasteiger partial charge is 0.466 e. The number of aliphatic imine (C=N–C) groups is 1. The van der Waals surface area contributed by atoms with Crippen LogP contribution in [0.25, 0.3) is 0 Å². The van der Waals surface area contributed by atoms with Gasteiger partial charge in [-0.15, -0.1) is 11.3 Å². The van der Waals surface area contributed by atoms with Gasteiger partial charge < -0.3 is 19.9 Å². The molecule has 34 heavy (non-hydrogen) atoms. The molecule has 0 aliphatic carbocycles. The van der Waals surface area contributed by atoms with Gasteiger partial charge in [-0.25, -0.2) is 14.6 Å². The second-order valence-electron chi connectivity index (χ2n) is 9.62. The van der Waals surface area contributed by atoms with Crippen molar-refractivity contribution in [3.8, 4) is 0 Å². The van der Waals surface area contributed by atoms with Gasteiger partial charge in [0.1, 0.15) is 0 Å². The molecule has 184 valence electrons. The molecule has 0 spiro atoms. The molecule has 1 aromatic heterocycles. The third-order valence-electron chi connectivity index (χ3n) is 7.31. The number of methoxy groups -OCH3 is 1. The fourth-order valence-corrected chi connectivity index (χ4v) is 5.98. The van der Waals surface area contributed by atoms with Crippen molar-refractivity contribution >= 4 is 29.2 Å². The maximum Gasteiger partial charge on any atom is 0.337 e. The number of amides is 2. The van der Waals surface area contributed by atoms with E-state index in [1.54, 1.807) is 6.20 Å². The van der Waals surface area contributed by atoms with Crippen LogP contribution in [0.15, 0.2) is 27.8 Å². The molecule has 1 N–H and O–H groups in total. The predicted molar refractivity (Wildman–Crippen MR) is 130 cm³/mol. The molecule has 3 fully saturated rings. The Labute approximate surface area is 204 Å². The molecule has 0 radical (unpaired) electrons. The number of urea groups is 1. The predicted octanol–water partition coefficient (Wildman–Crippen LogP) is 0.825. The Kier molecular flexibility index (Phi) is 6.59. The molecular weight excluding hydrogens is 454 g/mol. The normalized spacial score (nSPS) is 26.2. The summed E-state index contributed by atoms with van der Waals surface area (Å²) >= 11 is 1.51. The van der Waals surface area contributed by atoms with E-state index < -0.39 is 0 Å². The van der Waals surface area contributed by atoms with E-state index in [9.17, 15) is 9.59 Å². The number of esters is 1. The number of likely N-dealkylation sites (tertiary alicyclic amines) is 1. The third kappa shape index (κ3) is 4.44. The van der Waals surface area contributed by atoms with Gasteiger partial charge >= 0.3 is 12.0 Å². The second kappa shape index (κ2) is 9.63. The zero-order chi connectivity index (χ0) is 23.8. The smallest absolute Gasteiger partial charge is 0.337 e. The van der Waals surface area contributed by atoms with Crippen molar-refractivity contribution in [3.05, 3.63) is 27.9 Å². The maximum atomic E-state index is 13.2. The summed E-state index contributed by atoms with van der Waals surface area (Å²) in [6.07, 6.45) is 2.79. The number of nitrogens with one attached hydrogen (secondary N) is 1. The van der Waals surface area contributed by atoms with Crippen LogP contribution in [-0.4, -0.2) is 120 Å². The average molecular weight is 488 g/mol. The molecule has 10 nitrogen and oxygen atoms in total. The molecule has 1 aromatic rings.